The molecule has 0 atom stereocenters. The van der Waals surface area contributed by atoms with Crippen molar-refractivity contribution < 1.29 is 0 Å². The van der Waals surface area contributed by atoms with Gasteiger partial charge in [0, 0.05) is 71.8 Å². The van der Waals surface area contributed by atoms with E-state index in [1.807, 2.05) is 98.1 Å². The molecule has 0 N–H and O–H groups in total. The molecule has 0 amide bonds. The fourth-order valence-corrected chi connectivity index (χ4v) is 7.08. The minimum atomic E-state index is 0.772. The molecule has 4 aromatic carbocycles. The van der Waals surface area contributed by atoms with E-state index in [4.69, 9.17) is 9.97 Å². The van der Waals surface area contributed by atoms with Gasteiger partial charge in [-0.2, -0.15) is 0 Å². The molecule has 0 bridgehead atoms. The summed E-state index contributed by atoms with van der Waals surface area (Å²) >= 11 is 0. The lowest BCUT2D eigenvalue weighted by atomic mass is 9.89. The third kappa shape index (κ3) is 6.22. The summed E-state index contributed by atoms with van der Waals surface area (Å²) in [6, 6.07) is 50.0. The fourth-order valence-electron chi connectivity index (χ4n) is 7.08. The lowest BCUT2D eigenvalue weighted by Gasteiger charge is -2.21. The van der Waals surface area contributed by atoms with Gasteiger partial charge in [-0.25, -0.2) is 9.97 Å². The molecule has 0 spiro atoms. The molecular formula is C48H32N6. The highest BCUT2D eigenvalue weighted by molar-refractivity contribution is 5.98. The summed E-state index contributed by atoms with van der Waals surface area (Å²) in [7, 11) is 0. The molecule has 0 saturated carbocycles. The number of nitrogens with zero attached hydrogens (tertiary/aromatic N) is 6. The predicted octanol–water partition coefficient (Wildman–Crippen LogP) is 11.4. The maximum atomic E-state index is 5.79. The SMILES string of the molecule is c1ccc(-c2nc(-c3ccccc3-c3ccncc3)c(-c3ccccc3-c3ccncc3)nc2-c2ccccc2-c2ccncc2)c(-c2ccncc2)c1. The fraction of sp³-hybridized carbons (Fsp3) is 0. The van der Waals surface area contributed by atoms with Crippen molar-refractivity contribution >= 4 is 0 Å². The van der Waals surface area contributed by atoms with Crippen LogP contribution in [-0.2, 0) is 0 Å². The quantitative estimate of drug-likeness (QED) is 0.158. The molecule has 0 aliphatic carbocycles. The third-order valence-electron chi connectivity index (χ3n) is 9.59. The third-order valence-corrected chi connectivity index (χ3v) is 9.59. The number of rotatable bonds is 8. The molecule has 5 aromatic heterocycles. The Morgan fingerprint density at radius 3 is 0.593 bits per heavy atom. The van der Waals surface area contributed by atoms with E-state index in [0.717, 1.165) is 89.5 Å². The van der Waals surface area contributed by atoms with E-state index in [1.165, 1.54) is 0 Å². The van der Waals surface area contributed by atoms with Crippen molar-refractivity contribution in [3.63, 3.8) is 0 Å². The second-order valence-corrected chi connectivity index (χ2v) is 12.7. The number of pyridine rings is 4. The van der Waals surface area contributed by atoms with Gasteiger partial charge in [0.2, 0.25) is 0 Å². The zero-order valence-corrected chi connectivity index (χ0v) is 29.2. The predicted molar refractivity (Wildman–Crippen MR) is 217 cm³/mol. The Balaban J connectivity index is 1.43. The van der Waals surface area contributed by atoms with Gasteiger partial charge < -0.3 is 0 Å². The molecule has 0 aliphatic heterocycles. The molecule has 0 radical (unpaired) electrons. The Bertz CT molecular complexity index is 2330. The van der Waals surface area contributed by atoms with Crippen LogP contribution in [0.25, 0.3) is 89.5 Å². The van der Waals surface area contributed by atoms with Crippen LogP contribution in [-0.4, -0.2) is 29.9 Å². The number of benzene rings is 4. The van der Waals surface area contributed by atoms with Crippen LogP contribution in [0.5, 0.6) is 0 Å². The van der Waals surface area contributed by atoms with Gasteiger partial charge in [-0.05, 0) is 93.0 Å². The number of aromatic nitrogens is 6. The first kappa shape index (κ1) is 32.5. The van der Waals surface area contributed by atoms with Gasteiger partial charge in [0.15, 0.2) is 0 Å². The van der Waals surface area contributed by atoms with Crippen molar-refractivity contribution in [3.8, 4) is 89.5 Å². The van der Waals surface area contributed by atoms with Crippen LogP contribution in [0.4, 0.5) is 0 Å². The molecule has 9 rings (SSSR count). The van der Waals surface area contributed by atoms with Crippen LogP contribution in [0.3, 0.4) is 0 Å². The molecule has 0 aliphatic rings. The standard InChI is InChI=1S/C48H32N6/c1-5-13-41(37(9-1)33-17-25-49-26-18-33)45-46(42-14-6-2-10-38(42)34-19-27-50-28-20-34)54-48(44-16-8-4-12-40(44)36-23-31-52-32-24-36)47(53-45)43-15-7-3-11-39(43)35-21-29-51-30-22-35/h1-32H. The van der Waals surface area contributed by atoms with Crippen molar-refractivity contribution in [2.24, 2.45) is 0 Å². The summed E-state index contributed by atoms with van der Waals surface area (Å²) in [6.45, 7) is 0. The van der Waals surface area contributed by atoms with Gasteiger partial charge in [0.05, 0.1) is 22.8 Å². The molecule has 254 valence electrons. The topological polar surface area (TPSA) is 77.3 Å². The normalized spacial score (nSPS) is 11.0. The van der Waals surface area contributed by atoms with E-state index in [-0.39, 0.29) is 0 Å². The van der Waals surface area contributed by atoms with E-state index in [9.17, 15) is 0 Å². The summed E-state index contributed by atoms with van der Waals surface area (Å²) in [5.74, 6) is 0. The molecule has 6 heteroatoms. The van der Waals surface area contributed by atoms with Gasteiger partial charge in [-0.1, -0.05) is 97.1 Å². The Hall–Kier alpha value is -7.44. The van der Waals surface area contributed by atoms with E-state index < -0.39 is 0 Å². The van der Waals surface area contributed by atoms with Crippen molar-refractivity contribution in [2.45, 2.75) is 0 Å². The van der Waals surface area contributed by atoms with Crippen LogP contribution < -0.4 is 0 Å². The van der Waals surface area contributed by atoms with Crippen molar-refractivity contribution in [1.29, 1.82) is 0 Å². The Labute approximate surface area is 313 Å². The lowest BCUT2D eigenvalue weighted by Crippen LogP contribution is -2.04. The maximum Gasteiger partial charge on any atom is 0.0979 e. The summed E-state index contributed by atoms with van der Waals surface area (Å²) in [6.07, 6.45) is 14.6. The van der Waals surface area contributed by atoms with Gasteiger partial charge in [0.25, 0.3) is 0 Å². The highest BCUT2D eigenvalue weighted by Crippen LogP contribution is 2.45. The largest absolute Gasteiger partial charge is 0.265 e. The average Bonchev–Trinajstić information content (AvgIpc) is 3.27. The van der Waals surface area contributed by atoms with Crippen LogP contribution in [0.1, 0.15) is 0 Å². The first-order chi connectivity index (χ1) is 26.8. The number of hydrogen-bond donors (Lipinski definition) is 0. The van der Waals surface area contributed by atoms with Gasteiger partial charge in [-0.3, -0.25) is 19.9 Å². The number of hydrogen-bond acceptors (Lipinski definition) is 6. The molecule has 9 aromatic rings. The van der Waals surface area contributed by atoms with Crippen LogP contribution in [0.2, 0.25) is 0 Å². The molecular weight excluding hydrogens is 661 g/mol. The molecule has 0 unspecified atom stereocenters. The van der Waals surface area contributed by atoms with E-state index in [1.54, 1.807) is 0 Å². The summed E-state index contributed by atoms with van der Waals surface area (Å²) < 4.78 is 0. The van der Waals surface area contributed by atoms with Gasteiger partial charge in [0.1, 0.15) is 0 Å². The van der Waals surface area contributed by atoms with E-state index in [0.29, 0.717) is 0 Å². The van der Waals surface area contributed by atoms with E-state index in [2.05, 4.69) is 117 Å². The maximum absolute atomic E-state index is 5.79. The second-order valence-electron chi connectivity index (χ2n) is 12.7. The monoisotopic (exact) mass is 692 g/mol. The summed E-state index contributed by atoms with van der Waals surface area (Å²) in [5.41, 5.74) is 15.3. The second kappa shape index (κ2) is 14.7. The van der Waals surface area contributed by atoms with Crippen LogP contribution in [0, 0.1) is 0 Å². The van der Waals surface area contributed by atoms with Crippen molar-refractivity contribution in [2.75, 3.05) is 0 Å². The molecule has 0 fully saturated rings. The smallest absolute Gasteiger partial charge is 0.0979 e. The van der Waals surface area contributed by atoms with Crippen molar-refractivity contribution in [1.82, 2.24) is 29.9 Å². The Morgan fingerprint density at radius 1 is 0.204 bits per heavy atom. The highest BCUT2D eigenvalue weighted by Gasteiger charge is 2.25. The molecule has 54 heavy (non-hydrogen) atoms. The minimum absolute atomic E-state index is 0.772. The van der Waals surface area contributed by atoms with Gasteiger partial charge in [-0.15, -0.1) is 0 Å². The first-order valence-corrected chi connectivity index (χ1v) is 17.7. The van der Waals surface area contributed by atoms with E-state index >= 15 is 0 Å². The Kier molecular flexibility index (Phi) is 8.81. The zero-order valence-electron chi connectivity index (χ0n) is 29.2. The molecule has 5 heterocycles. The minimum Gasteiger partial charge on any atom is -0.265 e. The lowest BCUT2D eigenvalue weighted by molar-refractivity contribution is 1.21. The average molecular weight is 693 g/mol. The summed E-state index contributed by atoms with van der Waals surface area (Å²) in [5, 5.41) is 0. The molecule has 6 nitrogen and oxygen atoms in total. The van der Waals surface area contributed by atoms with Crippen molar-refractivity contribution in [3.05, 3.63) is 195 Å². The van der Waals surface area contributed by atoms with Crippen LogP contribution >= 0.6 is 0 Å². The Morgan fingerprint density at radius 2 is 0.389 bits per heavy atom. The highest BCUT2D eigenvalue weighted by atomic mass is 14.9. The van der Waals surface area contributed by atoms with Gasteiger partial charge >= 0.3 is 0 Å². The zero-order chi connectivity index (χ0) is 36.1. The van der Waals surface area contributed by atoms with Crippen LogP contribution in [0.15, 0.2) is 195 Å². The molecule has 0 saturated heterocycles. The summed E-state index contributed by atoms with van der Waals surface area (Å²) in [4.78, 5) is 28.8. The first-order valence-electron chi connectivity index (χ1n) is 17.7.